The van der Waals surface area contributed by atoms with Crippen LogP contribution in [0, 0.1) is 5.92 Å². The molecule has 0 aromatic heterocycles. The normalized spacial score (nSPS) is 20.0. The van der Waals surface area contributed by atoms with Crippen molar-refractivity contribution in [2.75, 3.05) is 18.5 Å². The first-order chi connectivity index (χ1) is 11.5. The first-order valence-corrected chi connectivity index (χ1v) is 8.13. The number of urea groups is 1. The summed E-state index contributed by atoms with van der Waals surface area (Å²) in [7, 11) is 0. The second-order valence-corrected chi connectivity index (χ2v) is 6.38. The van der Waals surface area contributed by atoms with E-state index in [1.807, 2.05) is 26.0 Å². The average molecular weight is 331 g/mol. The Morgan fingerprint density at radius 3 is 2.75 bits per heavy atom. The van der Waals surface area contributed by atoms with E-state index in [9.17, 15) is 14.4 Å². The summed E-state index contributed by atoms with van der Waals surface area (Å²) in [6.07, 6.45) is 1.15. The minimum Gasteiger partial charge on any atom is -0.492 e. The Morgan fingerprint density at radius 1 is 1.25 bits per heavy atom. The number of nitrogens with one attached hydrogen (secondary N) is 2. The molecule has 0 radical (unpaired) electrons. The van der Waals surface area contributed by atoms with E-state index in [0.29, 0.717) is 18.6 Å². The van der Waals surface area contributed by atoms with E-state index < -0.39 is 6.04 Å². The van der Waals surface area contributed by atoms with Gasteiger partial charge < -0.3 is 15.4 Å². The van der Waals surface area contributed by atoms with Crippen LogP contribution in [0.1, 0.15) is 25.8 Å². The molecule has 1 atom stereocenters. The van der Waals surface area contributed by atoms with Crippen molar-refractivity contribution in [3.63, 3.8) is 0 Å². The second kappa shape index (κ2) is 6.51. The van der Waals surface area contributed by atoms with Gasteiger partial charge >= 0.3 is 6.03 Å². The Kier molecular flexibility index (Phi) is 4.42. The van der Waals surface area contributed by atoms with E-state index in [-0.39, 0.29) is 36.9 Å². The van der Waals surface area contributed by atoms with Crippen molar-refractivity contribution in [2.45, 2.75) is 32.7 Å². The molecular weight excluding hydrogens is 310 g/mol. The zero-order valence-corrected chi connectivity index (χ0v) is 13.8. The molecule has 0 saturated carbocycles. The highest BCUT2D eigenvalue weighted by Gasteiger charge is 2.39. The molecule has 2 aliphatic rings. The Balaban J connectivity index is 1.56. The lowest BCUT2D eigenvalue weighted by molar-refractivity contribution is -0.128. The number of hydrogen-bond donors (Lipinski definition) is 2. The van der Waals surface area contributed by atoms with Gasteiger partial charge in [0, 0.05) is 12.1 Å². The molecule has 2 heterocycles. The third-order valence-corrected chi connectivity index (χ3v) is 4.28. The van der Waals surface area contributed by atoms with Crippen molar-refractivity contribution in [2.24, 2.45) is 5.92 Å². The molecular formula is C17H21N3O4. The first-order valence-electron chi connectivity index (χ1n) is 8.13. The number of aryl methyl sites for hydroxylation is 1. The largest absolute Gasteiger partial charge is 0.492 e. The molecule has 1 fully saturated rings. The summed E-state index contributed by atoms with van der Waals surface area (Å²) in [5.41, 5.74) is 1.84. The first kappa shape index (κ1) is 16.3. The topological polar surface area (TPSA) is 87.7 Å². The SMILES string of the molecule is CC(C)C1NC(=O)N(CCOc2ccc3c(c2)CCC(=O)N3)C1=O. The van der Waals surface area contributed by atoms with Crippen LogP contribution in [0.2, 0.25) is 0 Å². The fraction of sp³-hybridized carbons (Fsp3) is 0.471. The van der Waals surface area contributed by atoms with Crippen molar-refractivity contribution in [1.82, 2.24) is 10.2 Å². The molecule has 1 unspecified atom stereocenters. The highest BCUT2D eigenvalue weighted by molar-refractivity contribution is 6.04. The molecule has 128 valence electrons. The van der Waals surface area contributed by atoms with Crippen molar-refractivity contribution in [3.05, 3.63) is 23.8 Å². The van der Waals surface area contributed by atoms with Crippen LogP contribution in [0.5, 0.6) is 5.75 Å². The number of rotatable bonds is 5. The highest BCUT2D eigenvalue weighted by Crippen LogP contribution is 2.26. The molecule has 0 bridgehead atoms. The lowest BCUT2D eigenvalue weighted by Crippen LogP contribution is -2.36. The Bertz CT molecular complexity index is 686. The molecule has 2 N–H and O–H groups in total. The van der Waals surface area contributed by atoms with Gasteiger partial charge in [-0.15, -0.1) is 0 Å². The van der Waals surface area contributed by atoms with Crippen LogP contribution in [0.3, 0.4) is 0 Å². The highest BCUT2D eigenvalue weighted by atomic mass is 16.5. The number of hydrogen-bond acceptors (Lipinski definition) is 4. The van der Waals surface area contributed by atoms with Gasteiger partial charge in [-0.25, -0.2) is 4.79 Å². The van der Waals surface area contributed by atoms with Gasteiger partial charge in [-0.1, -0.05) is 13.8 Å². The molecule has 4 amide bonds. The summed E-state index contributed by atoms with van der Waals surface area (Å²) < 4.78 is 5.67. The Hall–Kier alpha value is -2.57. The fourth-order valence-electron chi connectivity index (χ4n) is 2.91. The minimum atomic E-state index is -0.454. The van der Waals surface area contributed by atoms with Gasteiger partial charge in [0.25, 0.3) is 5.91 Å². The van der Waals surface area contributed by atoms with E-state index >= 15 is 0 Å². The number of fused-ring (bicyclic) bond motifs is 1. The number of nitrogens with zero attached hydrogens (tertiary/aromatic N) is 1. The summed E-state index contributed by atoms with van der Waals surface area (Å²) in [5, 5.41) is 5.50. The van der Waals surface area contributed by atoms with E-state index in [0.717, 1.165) is 11.3 Å². The zero-order valence-electron chi connectivity index (χ0n) is 13.8. The van der Waals surface area contributed by atoms with Crippen LogP contribution in [-0.2, 0) is 16.0 Å². The van der Waals surface area contributed by atoms with Crippen LogP contribution in [0.4, 0.5) is 10.5 Å². The number of carbonyl (C=O) groups excluding carboxylic acids is 3. The number of benzene rings is 1. The van der Waals surface area contributed by atoms with Gasteiger partial charge in [0.15, 0.2) is 0 Å². The van der Waals surface area contributed by atoms with Gasteiger partial charge in [-0.2, -0.15) is 0 Å². The third-order valence-electron chi connectivity index (χ3n) is 4.28. The number of anilines is 1. The van der Waals surface area contributed by atoms with Crippen molar-refractivity contribution in [1.29, 1.82) is 0 Å². The lowest BCUT2D eigenvalue weighted by atomic mass is 10.0. The third kappa shape index (κ3) is 3.20. The molecule has 1 saturated heterocycles. The van der Waals surface area contributed by atoms with Crippen LogP contribution < -0.4 is 15.4 Å². The average Bonchev–Trinajstić information content (AvgIpc) is 2.83. The summed E-state index contributed by atoms with van der Waals surface area (Å²) in [5.74, 6) is 0.543. The van der Waals surface area contributed by atoms with E-state index in [4.69, 9.17) is 4.74 Å². The zero-order chi connectivity index (χ0) is 17.3. The van der Waals surface area contributed by atoms with Gasteiger partial charge in [-0.3, -0.25) is 14.5 Å². The fourth-order valence-corrected chi connectivity index (χ4v) is 2.91. The van der Waals surface area contributed by atoms with E-state index in [1.165, 1.54) is 4.90 Å². The maximum atomic E-state index is 12.2. The Morgan fingerprint density at radius 2 is 2.04 bits per heavy atom. The second-order valence-electron chi connectivity index (χ2n) is 6.38. The number of amides is 4. The minimum absolute atomic E-state index is 0.0226. The predicted molar refractivity (Wildman–Crippen MR) is 87.8 cm³/mol. The summed E-state index contributed by atoms with van der Waals surface area (Å²) in [6, 6.07) is 4.65. The number of imide groups is 1. The van der Waals surface area contributed by atoms with Crippen LogP contribution >= 0.6 is 0 Å². The standard InChI is InChI=1S/C17H21N3O4/c1-10(2)15-16(22)20(17(23)19-15)7-8-24-12-4-5-13-11(9-12)3-6-14(21)18-13/h4-5,9-10,15H,3,6-8H2,1-2H3,(H,18,21)(H,19,23). The lowest BCUT2D eigenvalue weighted by Gasteiger charge is -2.18. The van der Waals surface area contributed by atoms with Crippen molar-refractivity contribution < 1.29 is 19.1 Å². The molecule has 7 nitrogen and oxygen atoms in total. The van der Waals surface area contributed by atoms with Crippen molar-refractivity contribution >= 4 is 23.5 Å². The molecule has 1 aromatic carbocycles. The summed E-state index contributed by atoms with van der Waals surface area (Å²) >= 11 is 0. The smallest absolute Gasteiger partial charge is 0.324 e. The molecule has 3 rings (SSSR count). The summed E-state index contributed by atoms with van der Waals surface area (Å²) in [6.45, 7) is 4.24. The molecule has 2 aliphatic heterocycles. The van der Waals surface area contributed by atoms with Crippen molar-refractivity contribution in [3.8, 4) is 5.75 Å². The van der Waals surface area contributed by atoms with Gasteiger partial charge in [0.05, 0.1) is 6.54 Å². The maximum Gasteiger partial charge on any atom is 0.324 e. The van der Waals surface area contributed by atoms with Gasteiger partial charge in [-0.05, 0) is 36.1 Å². The molecule has 0 aliphatic carbocycles. The maximum absolute atomic E-state index is 12.2. The van der Waals surface area contributed by atoms with E-state index in [2.05, 4.69) is 10.6 Å². The molecule has 0 spiro atoms. The van der Waals surface area contributed by atoms with E-state index in [1.54, 1.807) is 6.07 Å². The van der Waals surface area contributed by atoms with Crippen LogP contribution in [0.25, 0.3) is 0 Å². The quantitative estimate of drug-likeness (QED) is 0.801. The van der Waals surface area contributed by atoms with Crippen LogP contribution in [0.15, 0.2) is 18.2 Å². The number of ether oxygens (including phenoxy) is 1. The number of carbonyl (C=O) groups is 3. The van der Waals surface area contributed by atoms with Crippen LogP contribution in [-0.4, -0.2) is 41.9 Å². The monoisotopic (exact) mass is 331 g/mol. The predicted octanol–water partition coefficient (Wildman–Crippen LogP) is 1.53. The molecule has 7 heteroatoms. The van der Waals surface area contributed by atoms with Gasteiger partial charge in [0.2, 0.25) is 5.91 Å². The molecule has 24 heavy (non-hydrogen) atoms. The molecule has 1 aromatic rings. The van der Waals surface area contributed by atoms with Gasteiger partial charge in [0.1, 0.15) is 18.4 Å². The summed E-state index contributed by atoms with van der Waals surface area (Å²) in [4.78, 5) is 36.6. The Labute approximate surface area is 140 Å².